The fourth-order valence-corrected chi connectivity index (χ4v) is 3.41. The number of hydrogen-bond donors (Lipinski definition) is 1. The summed E-state index contributed by atoms with van der Waals surface area (Å²) in [6.07, 6.45) is -1.01. The molecule has 1 N–H and O–H groups in total. The molecule has 2 rings (SSSR count). The molecule has 1 aromatic rings. The molecule has 1 fully saturated rings. The van der Waals surface area contributed by atoms with Crippen LogP contribution in [0.4, 0.5) is 0 Å². The van der Waals surface area contributed by atoms with Gasteiger partial charge in [0.15, 0.2) is 6.10 Å². The molecule has 0 aromatic carbocycles. The van der Waals surface area contributed by atoms with Gasteiger partial charge in [-0.25, -0.2) is 4.79 Å². The number of amides is 1. The number of carbonyl (C=O) groups is 2. The maximum absolute atomic E-state index is 11.8. The number of ether oxygens (including phenoxy) is 1. The predicted octanol–water partition coefficient (Wildman–Crippen LogP) is 2.03. The van der Waals surface area contributed by atoms with Gasteiger partial charge in [0.25, 0.3) is 0 Å². The van der Waals surface area contributed by atoms with Crippen molar-refractivity contribution < 1.29 is 19.4 Å². The van der Waals surface area contributed by atoms with Crippen LogP contribution in [0.5, 0.6) is 0 Å². The second kappa shape index (κ2) is 5.18. The molecule has 0 bridgehead atoms. The first-order valence-electron chi connectivity index (χ1n) is 6.42. The van der Waals surface area contributed by atoms with Crippen molar-refractivity contribution in [3.05, 3.63) is 21.9 Å². The van der Waals surface area contributed by atoms with Crippen molar-refractivity contribution in [1.82, 2.24) is 4.90 Å². The largest absolute Gasteiger partial charge is 0.479 e. The van der Waals surface area contributed by atoms with Crippen molar-refractivity contribution in [2.45, 2.75) is 38.3 Å². The van der Waals surface area contributed by atoms with E-state index in [2.05, 4.69) is 20.8 Å². The van der Waals surface area contributed by atoms with Gasteiger partial charge in [0.2, 0.25) is 5.91 Å². The number of hydrogen-bond acceptors (Lipinski definition) is 4. The minimum Gasteiger partial charge on any atom is -0.479 e. The number of likely N-dealkylation sites (N-methyl/N-ethyl adjacent to an activating group) is 1. The summed E-state index contributed by atoms with van der Waals surface area (Å²) in [4.78, 5) is 26.6. The molecule has 1 amide bonds. The maximum atomic E-state index is 11.8. The van der Waals surface area contributed by atoms with Gasteiger partial charge in [-0.3, -0.25) is 4.79 Å². The van der Waals surface area contributed by atoms with E-state index in [0.29, 0.717) is 0 Å². The zero-order chi connectivity index (χ0) is 15.1. The lowest BCUT2D eigenvalue weighted by molar-refractivity contribution is -0.171. The normalized spacial score (nSPS) is 24.0. The summed E-state index contributed by atoms with van der Waals surface area (Å²) >= 11 is 1.54. The lowest BCUT2D eigenvalue weighted by Crippen LogP contribution is -2.49. The van der Waals surface area contributed by atoms with Gasteiger partial charge in [0.05, 0.1) is 0 Å². The van der Waals surface area contributed by atoms with Crippen LogP contribution in [0.25, 0.3) is 0 Å². The molecular weight excluding hydrogens is 278 g/mol. The van der Waals surface area contributed by atoms with Crippen LogP contribution in [-0.2, 0) is 19.7 Å². The third kappa shape index (κ3) is 2.71. The molecule has 0 aliphatic carbocycles. The second-order valence-corrected chi connectivity index (χ2v) is 7.09. The van der Waals surface area contributed by atoms with E-state index in [0.717, 1.165) is 9.75 Å². The molecule has 0 spiro atoms. The highest BCUT2D eigenvalue weighted by atomic mass is 32.1. The summed E-state index contributed by atoms with van der Waals surface area (Å²) in [6, 6.07) is 3.32. The Morgan fingerprint density at radius 1 is 1.45 bits per heavy atom. The van der Waals surface area contributed by atoms with Crippen LogP contribution in [0.2, 0.25) is 0 Å². The molecule has 6 heteroatoms. The number of nitrogens with zero attached hydrogens (tertiary/aromatic N) is 1. The molecule has 5 nitrogen and oxygen atoms in total. The highest BCUT2D eigenvalue weighted by molar-refractivity contribution is 7.12. The molecule has 2 heterocycles. The third-order valence-electron chi connectivity index (χ3n) is 3.38. The first kappa shape index (κ1) is 15.0. The summed E-state index contributed by atoms with van der Waals surface area (Å²) in [5.74, 6) is -1.24. The Morgan fingerprint density at radius 2 is 2.10 bits per heavy atom. The lowest BCUT2D eigenvalue weighted by atomic mass is 9.95. The average Bonchev–Trinajstić information content (AvgIpc) is 2.80. The van der Waals surface area contributed by atoms with Crippen LogP contribution in [0, 0.1) is 0 Å². The zero-order valence-corrected chi connectivity index (χ0v) is 12.9. The van der Waals surface area contributed by atoms with Crippen LogP contribution in [0.1, 0.15) is 36.6 Å². The van der Waals surface area contributed by atoms with Gasteiger partial charge >= 0.3 is 5.97 Å². The van der Waals surface area contributed by atoms with Gasteiger partial charge in [0.1, 0.15) is 12.6 Å². The highest BCUT2D eigenvalue weighted by Gasteiger charge is 2.41. The molecule has 1 saturated heterocycles. The van der Waals surface area contributed by atoms with E-state index >= 15 is 0 Å². The van der Waals surface area contributed by atoms with Crippen LogP contribution in [0.15, 0.2) is 12.1 Å². The van der Waals surface area contributed by atoms with E-state index in [4.69, 9.17) is 4.74 Å². The van der Waals surface area contributed by atoms with Gasteiger partial charge in [-0.1, -0.05) is 20.8 Å². The smallest absolute Gasteiger partial charge is 0.335 e. The Hall–Kier alpha value is -1.40. The Morgan fingerprint density at radius 3 is 2.60 bits per heavy atom. The van der Waals surface area contributed by atoms with Gasteiger partial charge in [-0.15, -0.1) is 11.3 Å². The Balaban J connectivity index is 2.37. The summed E-state index contributed by atoms with van der Waals surface area (Å²) in [7, 11) is 1.63. The van der Waals surface area contributed by atoms with Crippen molar-refractivity contribution in [3.63, 3.8) is 0 Å². The Labute approximate surface area is 122 Å². The van der Waals surface area contributed by atoms with E-state index in [9.17, 15) is 14.7 Å². The van der Waals surface area contributed by atoms with E-state index < -0.39 is 18.1 Å². The fraction of sp³-hybridized carbons (Fsp3) is 0.571. The standard InChI is InChI=1S/C14H19NO4S/c1-14(2,3)9-6-5-8(20-9)11-12(13(17)18)19-7-10(16)15(11)4/h5-6,11-12H,7H2,1-4H3,(H,17,18). The number of morpholine rings is 1. The van der Waals surface area contributed by atoms with E-state index in [1.807, 2.05) is 12.1 Å². The number of rotatable bonds is 2. The number of aliphatic carboxylic acids is 1. The lowest BCUT2D eigenvalue weighted by Gasteiger charge is -2.36. The maximum Gasteiger partial charge on any atom is 0.335 e. The molecule has 1 aliphatic rings. The van der Waals surface area contributed by atoms with Crippen LogP contribution < -0.4 is 0 Å². The summed E-state index contributed by atoms with van der Waals surface area (Å²) in [6.45, 7) is 6.12. The van der Waals surface area contributed by atoms with Crippen molar-refractivity contribution in [1.29, 1.82) is 0 Å². The minimum atomic E-state index is -1.04. The SMILES string of the molecule is CN1C(=O)COC(C(=O)O)C1c1ccc(C(C)(C)C)s1. The molecule has 0 radical (unpaired) electrons. The molecule has 20 heavy (non-hydrogen) atoms. The predicted molar refractivity (Wildman–Crippen MR) is 75.9 cm³/mol. The average molecular weight is 297 g/mol. The van der Waals surface area contributed by atoms with Gasteiger partial charge in [0, 0.05) is 16.8 Å². The topological polar surface area (TPSA) is 66.8 Å². The highest BCUT2D eigenvalue weighted by Crippen LogP contribution is 2.37. The molecule has 2 atom stereocenters. The first-order valence-corrected chi connectivity index (χ1v) is 7.23. The third-order valence-corrected chi connectivity index (χ3v) is 4.97. The van der Waals surface area contributed by atoms with Crippen molar-refractivity contribution in [3.8, 4) is 0 Å². The molecule has 1 aromatic heterocycles. The zero-order valence-electron chi connectivity index (χ0n) is 12.0. The Bertz CT molecular complexity index is 532. The number of thiophene rings is 1. The number of carbonyl (C=O) groups excluding carboxylic acids is 1. The second-order valence-electron chi connectivity index (χ2n) is 5.97. The quantitative estimate of drug-likeness (QED) is 0.907. The van der Waals surface area contributed by atoms with E-state index in [-0.39, 0.29) is 17.9 Å². The Kier molecular flexibility index (Phi) is 3.88. The van der Waals surface area contributed by atoms with Crippen molar-refractivity contribution in [2.75, 3.05) is 13.7 Å². The fourth-order valence-electron chi connectivity index (χ4n) is 2.17. The van der Waals surface area contributed by atoms with Crippen LogP contribution >= 0.6 is 11.3 Å². The first-order chi connectivity index (χ1) is 9.21. The molecule has 0 saturated carbocycles. The van der Waals surface area contributed by atoms with Crippen LogP contribution in [-0.4, -0.2) is 41.6 Å². The van der Waals surface area contributed by atoms with Crippen molar-refractivity contribution >= 4 is 23.2 Å². The summed E-state index contributed by atoms with van der Waals surface area (Å²) in [5, 5.41) is 9.28. The number of carboxylic acids is 1. The molecule has 1 aliphatic heterocycles. The van der Waals surface area contributed by atoms with Crippen molar-refractivity contribution in [2.24, 2.45) is 0 Å². The van der Waals surface area contributed by atoms with Gasteiger partial charge in [-0.2, -0.15) is 0 Å². The minimum absolute atomic E-state index is 0.000257. The molecular formula is C14H19NO4S. The van der Waals surface area contributed by atoms with Gasteiger partial charge < -0.3 is 14.7 Å². The molecule has 2 unspecified atom stereocenters. The van der Waals surface area contributed by atoms with E-state index in [1.54, 1.807) is 7.05 Å². The monoisotopic (exact) mass is 297 g/mol. The van der Waals surface area contributed by atoms with E-state index in [1.165, 1.54) is 16.2 Å². The van der Waals surface area contributed by atoms with Gasteiger partial charge in [-0.05, 0) is 17.5 Å². The molecule has 110 valence electrons. The summed E-state index contributed by atoms with van der Waals surface area (Å²) in [5.41, 5.74) is -0.000257. The number of carboxylic acid groups (broad SMARTS) is 1. The summed E-state index contributed by atoms with van der Waals surface area (Å²) < 4.78 is 5.20. The van der Waals surface area contributed by atoms with Crippen LogP contribution in [0.3, 0.4) is 0 Å².